The first-order valence-corrected chi connectivity index (χ1v) is 15.2. The van der Waals surface area contributed by atoms with Gasteiger partial charge in [0, 0.05) is 32.7 Å². The van der Waals surface area contributed by atoms with Gasteiger partial charge in [0.15, 0.2) is 0 Å². The molecule has 40 heavy (non-hydrogen) atoms. The van der Waals surface area contributed by atoms with Crippen molar-refractivity contribution in [3.63, 3.8) is 0 Å². The second kappa shape index (κ2) is 14.2. The molecule has 2 N–H and O–H groups in total. The number of carbonyl (C=O) groups is 2. The van der Waals surface area contributed by atoms with E-state index in [2.05, 4.69) is 10.0 Å². The number of benzene rings is 3. The van der Waals surface area contributed by atoms with Crippen molar-refractivity contribution >= 4 is 21.8 Å². The van der Waals surface area contributed by atoms with Crippen LogP contribution in [0, 0.1) is 0 Å². The van der Waals surface area contributed by atoms with Crippen LogP contribution in [0.5, 0.6) is 0 Å². The summed E-state index contributed by atoms with van der Waals surface area (Å²) in [5.74, 6) is -0.418. The molecule has 2 amide bonds. The Morgan fingerprint density at radius 1 is 0.950 bits per heavy atom. The van der Waals surface area contributed by atoms with Gasteiger partial charge >= 0.3 is 0 Å². The summed E-state index contributed by atoms with van der Waals surface area (Å²) in [6, 6.07) is 24.7. The van der Waals surface area contributed by atoms with E-state index >= 15 is 0 Å². The first kappa shape index (κ1) is 29.5. The number of hydrogen-bond acceptors (Lipinski definition) is 5. The van der Waals surface area contributed by atoms with Gasteiger partial charge in [0.2, 0.25) is 21.8 Å². The molecule has 4 rings (SSSR count). The Labute approximate surface area is 236 Å². The zero-order valence-corrected chi connectivity index (χ0v) is 23.6. The summed E-state index contributed by atoms with van der Waals surface area (Å²) in [7, 11) is -3.55. The van der Waals surface area contributed by atoms with Crippen LogP contribution in [0.1, 0.15) is 48.9 Å². The number of amides is 2. The highest BCUT2D eigenvalue weighted by Crippen LogP contribution is 2.25. The smallest absolute Gasteiger partial charge is 0.247 e. The van der Waals surface area contributed by atoms with Crippen LogP contribution in [-0.4, -0.2) is 50.9 Å². The van der Waals surface area contributed by atoms with Crippen LogP contribution in [0.4, 0.5) is 0 Å². The number of hydrogen-bond donors (Lipinski definition) is 2. The lowest BCUT2D eigenvalue weighted by Gasteiger charge is -2.32. The Hall–Kier alpha value is -3.53. The fourth-order valence-corrected chi connectivity index (χ4v) is 5.87. The molecule has 1 saturated heterocycles. The maximum absolute atomic E-state index is 13.8. The zero-order valence-electron chi connectivity index (χ0n) is 22.8. The SMILES string of the molecule is CCNS(=O)(=O)c1ccc(CCC(=O)N(Cc2ccccc2)[C@@H](C(=O)NC[C@@H]2CCCO2)c2ccccc2)cc1. The number of ether oxygens (including phenoxy) is 1. The summed E-state index contributed by atoms with van der Waals surface area (Å²) >= 11 is 0. The van der Waals surface area contributed by atoms with E-state index < -0.39 is 16.1 Å². The predicted molar refractivity (Wildman–Crippen MR) is 154 cm³/mol. The van der Waals surface area contributed by atoms with Gasteiger partial charge in [-0.2, -0.15) is 0 Å². The summed E-state index contributed by atoms with van der Waals surface area (Å²) in [4.78, 5) is 29.3. The summed E-state index contributed by atoms with van der Waals surface area (Å²) in [5, 5.41) is 3.03. The molecule has 0 bridgehead atoms. The molecule has 0 aliphatic carbocycles. The minimum absolute atomic E-state index is 0.0158. The lowest BCUT2D eigenvalue weighted by atomic mass is 10.0. The molecule has 3 aromatic rings. The number of aryl methyl sites for hydroxylation is 1. The highest BCUT2D eigenvalue weighted by Gasteiger charge is 2.32. The standard InChI is InChI=1S/C31H37N3O5S/c1-2-33-40(37,38)28-18-15-24(16-19-28)17-20-29(35)34(23-25-10-5-3-6-11-25)30(26-12-7-4-8-13-26)31(36)32-22-27-14-9-21-39-27/h3-8,10-13,15-16,18-19,27,30,33H,2,9,14,17,20-23H2,1H3,(H,32,36)/t27-,30+/m0/s1. The lowest BCUT2D eigenvalue weighted by molar-refractivity contribution is -0.141. The Morgan fingerprint density at radius 2 is 1.62 bits per heavy atom. The molecule has 1 heterocycles. The van der Waals surface area contributed by atoms with E-state index in [4.69, 9.17) is 4.74 Å². The molecule has 212 valence electrons. The Balaban J connectivity index is 1.55. The highest BCUT2D eigenvalue weighted by molar-refractivity contribution is 7.89. The average molecular weight is 564 g/mol. The highest BCUT2D eigenvalue weighted by atomic mass is 32.2. The first-order chi connectivity index (χ1) is 19.4. The third-order valence-electron chi connectivity index (χ3n) is 6.91. The van der Waals surface area contributed by atoms with Crippen LogP contribution >= 0.6 is 0 Å². The number of carbonyl (C=O) groups excluding carboxylic acids is 2. The second-order valence-corrected chi connectivity index (χ2v) is 11.6. The first-order valence-electron chi connectivity index (χ1n) is 13.7. The van der Waals surface area contributed by atoms with Gasteiger partial charge in [-0.3, -0.25) is 9.59 Å². The Kier molecular flexibility index (Phi) is 10.5. The molecule has 0 aromatic heterocycles. The summed E-state index contributed by atoms with van der Waals surface area (Å²) in [6.45, 7) is 3.40. The fourth-order valence-electron chi connectivity index (χ4n) is 4.83. The van der Waals surface area contributed by atoms with E-state index in [-0.39, 0.29) is 35.8 Å². The molecular formula is C31H37N3O5S. The molecule has 3 aromatic carbocycles. The molecule has 0 saturated carbocycles. The van der Waals surface area contributed by atoms with Crippen LogP contribution in [0.15, 0.2) is 89.8 Å². The van der Waals surface area contributed by atoms with Gasteiger partial charge in [0.1, 0.15) is 6.04 Å². The van der Waals surface area contributed by atoms with Crippen molar-refractivity contribution < 1.29 is 22.7 Å². The molecule has 0 spiro atoms. The van der Waals surface area contributed by atoms with E-state index in [9.17, 15) is 18.0 Å². The topological polar surface area (TPSA) is 105 Å². The maximum atomic E-state index is 13.8. The quantitative estimate of drug-likeness (QED) is 0.327. The lowest BCUT2D eigenvalue weighted by Crippen LogP contribution is -2.45. The zero-order chi connectivity index (χ0) is 28.4. The minimum Gasteiger partial charge on any atom is -0.376 e. The summed E-state index contributed by atoms with van der Waals surface area (Å²) < 4.78 is 32.7. The van der Waals surface area contributed by atoms with Crippen molar-refractivity contribution in [1.82, 2.24) is 14.9 Å². The number of nitrogens with one attached hydrogen (secondary N) is 2. The fraction of sp³-hybridized carbons (Fsp3) is 0.355. The van der Waals surface area contributed by atoms with E-state index in [1.165, 1.54) is 0 Å². The van der Waals surface area contributed by atoms with Crippen molar-refractivity contribution in [2.24, 2.45) is 0 Å². The van der Waals surface area contributed by atoms with E-state index in [1.54, 1.807) is 36.1 Å². The molecule has 1 aliphatic heterocycles. The van der Waals surface area contributed by atoms with Gasteiger partial charge in [-0.1, -0.05) is 79.7 Å². The molecule has 8 nitrogen and oxygen atoms in total. The molecule has 0 radical (unpaired) electrons. The Bertz CT molecular complexity index is 1340. The van der Waals surface area contributed by atoms with Gasteiger partial charge in [0.25, 0.3) is 0 Å². The number of sulfonamides is 1. The third kappa shape index (κ3) is 8.00. The molecule has 1 aliphatic rings. The van der Waals surface area contributed by atoms with Crippen molar-refractivity contribution in [2.75, 3.05) is 19.7 Å². The molecule has 2 atom stereocenters. The van der Waals surface area contributed by atoms with Gasteiger partial charge in [0.05, 0.1) is 11.0 Å². The van der Waals surface area contributed by atoms with Crippen LogP contribution in [0.3, 0.4) is 0 Å². The molecule has 0 unspecified atom stereocenters. The van der Waals surface area contributed by atoms with Gasteiger partial charge in [-0.05, 0) is 48.1 Å². The largest absolute Gasteiger partial charge is 0.376 e. The van der Waals surface area contributed by atoms with Crippen LogP contribution in [0.25, 0.3) is 0 Å². The van der Waals surface area contributed by atoms with Crippen molar-refractivity contribution in [2.45, 2.75) is 56.2 Å². The number of rotatable bonds is 13. The normalized spacial score (nSPS) is 15.9. The van der Waals surface area contributed by atoms with Crippen LogP contribution in [0.2, 0.25) is 0 Å². The van der Waals surface area contributed by atoms with Crippen LogP contribution < -0.4 is 10.0 Å². The van der Waals surface area contributed by atoms with Crippen LogP contribution in [-0.2, 0) is 37.3 Å². The van der Waals surface area contributed by atoms with E-state index in [0.717, 1.165) is 29.5 Å². The van der Waals surface area contributed by atoms with Gasteiger partial charge in [-0.15, -0.1) is 0 Å². The summed E-state index contributed by atoms with van der Waals surface area (Å²) in [5.41, 5.74) is 2.49. The minimum atomic E-state index is -3.55. The van der Waals surface area contributed by atoms with Gasteiger partial charge < -0.3 is 15.0 Å². The average Bonchev–Trinajstić information content (AvgIpc) is 3.50. The van der Waals surface area contributed by atoms with Gasteiger partial charge in [-0.25, -0.2) is 13.1 Å². The second-order valence-electron chi connectivity index (χ2n) is 9.85. The Morgan fingerprint density at radius 3 is 2.25 bits per heavy atom. The maximum Gasteiger partial charge on any atom is 0.247 e. The summed E-state index contributed by atoms with van der Waals surface area (Å²) in [6.07, 6.45) is 2.43. The monoisotopic (exact) mass is 563 g/mol. The number of nitrogens with zero attached hydrogens (tertiary/aromatic N) is 1. The molecule has 9 heteroatoms. The van der Waals surface area contributed by atoms with E-state index in [0.29, 0.717) is 26.1 Å². The van der Waals surface area contributed by atoms with Crippen molar-refractivity contribution in [3.8, 4) is 0 Å². The third-order valence-corrected chi connectivity index (χ3v) is 8.48. The molecular weight excluding hydrogens is 526 g/mol. The van der Waals surface area contributed by atoms with Crippen molar-refractivity contribution in [3.05, 3.63) is 102 Å². The predicted octanol–water partition coefficient (Wildman–Crippen LogP) is 3.98. The molecule has 1 fully saturated rings. The van der Waals surface area contributed by atoms with E-state index in [1.807, 2.05) is 60.7 Å². The van der Waals surface area contributed by atoms with Crippen molar-refractivity contribution in [1.29, 1.82) is 0 Å².